The van der Waals surface area contributed by atoms with E-state index in [1.807, 2.05) is 12.1 Å². The van der Waals surface area contributed by atoms with Crippen molar-refractivity contribution in [2.24, 2.45) is 0 Å². The molecule has 0 aliphatic carbocycles. The maximum atomic E-state index is 11.9. The van der Waals surface area contributed by atoms with E-state index in [0.29, 0.717) is 18.7 Å². The summed E-state index contributed by atoms with van der Waals surface area (Å²) in [7, 11) is 0. The molecular weight excluding hydrogens is 254 g/mol. The number of carbonyl (C=O) groups excluding carboxylic acids is 2. The third kappa shape index (κ3) is 4.08. The summed E-state index contributed by atoms with van der Waals surface area (Å²) in [6.07, 6.45) is 4.43. The third-order valence-corrected chi connectivity index (χ3v) is 3.55. The molecule has 0 radical (unpaired) electrons. The first-order chi connectivity index (χ1) is 9.69. The zero-order valence-electron chi connectivity index (χ0n) is 11.9. The number of hydrogen-bond acceptors (Lipinski definition) is 3. The molecule has 1 saturated heterocycles. The van der Waals surface area contributed by atoms with Crippen molar-refractivity contribution >= 4 is 11.9 Å². The number of nitrogens with zero attached hydrogens (tertiary/aromatic N) is 1. The number of ether oxygens (including phenoxy) is 1. The van der Waals surface area contributed by atoms with E-state index in [9.17, 15) is 9.59 Å². The van der Waals surface area contributed by atoms with Crippen molar-refractivity contribution in [3.63, 3.8) is 0 Å². The molecule has 1 amide bonds. The van der Waals surface area contributed by atoms with Gasteiger partial charge in [-0.3, -0.25) is 4.79 Å². The second-order valence-electron chi connectivity index (χ2n) is 5.10. The molecule has 1 aliphatic heterocycles. The minimum absolute atomic E-state index is 0.0500. The Balaban J connectivity index is 1.89. The molecule has 0 spiro atoms. The first-order valence-electron chi connectivity index (χ1n) is 7.26. The van der Waals surface area contributed by atoms with Gasteiger partial charge in [0.25, 0.3) is 0 Å². The lowest BCUT2D eigenvalue weighted by atomic mass is 10.2. The van der Waals surface area contributed by atoms with Crippen LogP contribution in [-0.4, -0.2) is 29.9 Å². The highest BCUT2D eigenvalue weighted by molar-refractivity contribution is 5.83. The third-order valence-electron chi connectivity index (χ3n) is 3.55. The fraction of sp³-hybridized carbons (Fsp3) is 0.500. The van der Waals surface area contributed by atoms with Crippen LogP contribution in [0.1, 0.15) is 38.2 Å². The van der Waals surface area contributed by atoms with Crippen molar-refractivity contribution in [1.82, 2.24) is 4.90 Å². The number of rotatable bonds is 4. The minimum Gasteiger partial charge on any atom is -0.425 e. The summed E-state index contributed by atoms with van der Waals surface area (Å²) in [6.45, 7) is 2.78. The second-order valence-corrected chi connectivity index (χ2v) is 5.10. The average Bonchev–Trinajstić information content (AvgIpc) is 2.65. The Bertz CT molecular complexity index is 467. The highest BCUT2D eigenvalue weighted by Crippen LogP contribution is 2.14. The van der Waals surface area contributed by atoms with E-state index < -0.39 is 0 Å². The SMILES string of the molecule is CCc1ccc(OC(=O)CN2CCCCCC2=O)cc1. The fourth-order valence-electron chi connectivity index (χ4n) is 2.32. The van der Waals surface area contributed by atoms with Gasteiger partial charge in [0.15, 0.2) is 0 Å². The smallest absolute Gasteiger partial charge is 0.331 e. The van der Waals surface area contributed by atoms with Crippen molar-refractivity contribution < 1.29 is 14.3 Å². The Kier molecular flexibility index (Phi) is 5.16. The van der Waals surface area contributed by atoms with Gasteiger partial charge in [-0.25, -0.2) is 4.79 Å². The van der Waals surface area contributed by atoms with E-state index in [1.54, 1.807) is 17.0 Å². The van der Waals surface area contributed by atoms with Crippen LogP contribution in [0.25, 0.3) is 0 Å². The van der Waals surface area contributed by atoms with Gasteiger partial charge in [0.1, 0.15) is 12.3 Å². The molecule has 1 fully saturated rings. The van der Waals surface area contributed by atoms with Crippen LogP contribution < -0.4 is 4.74 Å². The summed E-state index contributed by atoms with van der Waals surface area (Å²) in [5.41, 5.74) is 1.20. The zero-order valence-corrected chi connectivity index (χ0v) is 11.9. The van der Waals surface area contributed by atoms with E-state index >= 15 is 0 Å². The van der Waals surface area contributed by atoms with Gasteiger partial charge in [-0.05, 0) is 37.0 Å². The van der Waals surface area contributed by atoms with E-state index in [1.165, 1.54) is 5.56 Å². The summed E-state index contributed by atoms with van der Waals surface area (Å²) in [5.74, 6) is 0.222. The van der Waals surface area contributed by atoms with E-state index in [2.05, 4.69) is 6.92 Å². The number of likely N-dealkylation sites (tertiary alicyclic amines) is 1. The number of carbonyl (C=O) groups is 2. The highest BCUT2D eigenvalue weighted by Gasteiger charge is 2.20. The lowest BCUT2D eigenvalue weighted by Gasteiger charge is -2.19. The molecule has 0 unspecified atom stereocenters. The molecule has 1 aromatic rings. The van der Waals surface area contributed by atoms with Crippen LogP contribution in [0.5, 0.6) is 5.75 Å². The molecule has 4 nitrogen and oxygen atoms in total. The van der Waals surface area contributed by atoms with Gasteiger partial charge in [-0.2, -0.15) is 0 Å². The Morgan fingerprint density at radius 2 is 1.95 bits per heavy atom. The molecule has 20 heavy (non-hydrogen) atoms. The molecule has 0 saturated carbocycles. The fourth-order valence-corrected chi connectivity index (χ4v) is 2.32. The van der Waals surface area contributed by atoms with E-state index in [-0.39, 0.29) is 18.4 Å². The van der Waals surface area contributed by atoms with Crippen LogP contribution in [0.3, 0.4) is 0 Å². The first-order valence-corrected chi connectivity index (χ1v) is 7.26. The van der Waals surface area contributed by atoms with Crippen LogP contribution in [0.4, 0.5) is 0 Å². The number of aryl methyl sites for hydroxylation is 1. The first kappa shape index (κ1) is 14.6. The van der Waals surface area contributed by atoms with Gasteiger partial charge < -0.3 is 9.64 Å². The standard InChI is InChI=1S/C16H21NO3/c1-2-13-7-9-14(10-8-13)20-16(19)12-17-11-5-3-4-6-15(17)18/h7-10H,2-6,11-12H2,1H3. The van der Waals surface area contributed by atoms with Crippen molar-refractivity contribution in [3.05, 3.63) is 29.8 Å². The number of esters is 1. The largest absolute Gasteiger partial charge is 0.425 e. The molecule has 2 rings (SSSR count). The van der Waals surface area contributed by atoms with Crippen LogP contribution in [0, 0.1) is 0 Å². The molecule has 1 heterocycles. The summed E-state index contributed by atoms with van der Waals surface area (Å²) in [5, 5.41) is 0. The zero-order chi connectivity index (χ0) is 14.4. The van der Waals surface area contributed by atoms with Crippen molar-refractivity contribution in [3.8, 4) is 5.75 Å². The molecule has 1 aromatic carbocycles. The summed E-state index contributed by atoms with van der Waals surface area (Å²) < 4.78 is 5.27. The monoisotopic (exact) mass is 275 g/mol. The quantitative estimate of drug-likeness (QED) is 0.626. The molecule has 0 atom stereocenters. The van der Waals surface area contributed by atoms with Gasteiger partial charge in [-0.1, -0.05) is 25.5 Å². The maximum Gasteiger partial charge on any atom is 0.331 e. The molecule has 0 aromatic heterocycles. The Morgan fingerprint density at radius 1 is 1.20 bits per heavy atom. The highest BCUT2D eigenvalue weighted by atomic mass is 16.5. The van der Waals surface area contributed by atoms with Crippen LogP contribution >= 0.6 is 0 Å². The average molecular weight is 275 g/mol. The predicted molar refractivity (Wildman–Crippen MR) is 76.5 cm³/mol. The Morgan fingerprint density at radius 3 is 2.65 bits per heavy atom. The van der Waals surface area contributed by atoms with Gasteiger partial charge >= 0.3 is 5.97 Å². The van der Waals surface area contributed by atoms with E-state index in [0.717, 1.165) is 25.7 Å². The molecule has 108 valence electrons. The van der Waals surface area contributed by atoms with Gasteiger partial charge in [-0.15, -0.1) is 0 Å². The molecule has 0 N–H and O–H groups in total. The minimum atomic E-state index is -0.371. The molecule has 1 aliphatic rings. The van der Waals surface area contributed by atoms with Gasteiger partial charge in [0, 0.05) is 13.0 Å². The predicted octanol–water partition coefficient (Wildman–Crippen LogP) is 2.56. The normalized spacial score (nSPS) is 15.8. The van der Waals surface area contributed by atoms with Crippen molar-refractivity contribution in [1.29, 1.82) is 0 Å². The van der Waals surface area contributed by atoms with Crippen LogP contribution in [-0.2, 0) is 16.0 Å². The van der Waals surface area contributed by atoms with Crippen molar-refractivity contribution in [2.45, 2.75) is 39.0 Å². The van der Waals surface area contributed by atoms with Gasteiger partial charge in [0.05, 0.1) is 0 Å². The summed E-state index contributed by atoms with van der Waals surface area (Å²) in [4.78, 5) is 25.3. The molecule has 4 heteroatoms. The Hall–Kier alpha value is -1.84. The molecular formula is C16H21NO3. The number of benzene rings is 1. The number of hydrogen-bond donors (Lipinski definition) is 0. The van der Waals surface area contributed by atoms with Crippen molar-refractivity contribution in [2.75, 3.05) is 13.1 Å². The topological polar surface area (TPSA) is 46.6 Å². The lowest BCUT2D eigenvalue weighted by molar-refractivity contribution is -0.142. The maximum absolute atomic E-state index is 11.9. The lowest BCUT2D eigenvalue weighted by Crippen LogP contribution is -2.36. The van der Waals surface area contributed by atoms with Gasteiger partial charge in [0.2, 0.25) is 5.91 Å². The molecule has 0 bridgehead atoms. The van der Waals surface area contributed by atoms with E-state index in [4.69, 9.17) is 4.74 Å². The van der Waals surface area contributed by atoms with Crippen LogP contribution in [0.2, 0.25) is 0 Å². The second kappa shape index (κ2) is 7.08. The van der Waals surface area contributed by atoms with Crippen LogP contribution in [0.15, 0.2) is 24.3 Å². The Labute approximate surface area is 119 Å². The summed E-state index contributed by atoms with van der Waals surface area (Å²) >= 11 is 0. The number of amides is 1. The summed E-state index contributed by atoms with van der Waals surface area (Å²) in [6, 6.07) is 7.47.